The molecule has 112 valence electrons. The number of rotatable bonds is 3. The van der Waals surface area contributed by atoms with Crippen molar-refractivity contribution in [2.45, 2.75) is 62.9 Å². The van der Waals surface area contributed by atoms with Crippen LogP contribution in [-0.2, 0) is 0 Å². The molecule has 1 saturated carbocycles. The number of likely N-dealkylation sites (tertiary alicyclic amines) is 1. The van der Waals surface area contributed by atoms with Gasteiger partial charge in [0.25, 0.3) is 0 Å². The second kappa shape index (κ2) is 6.41. The van der Waals surface area contributed by atoms with E-state index in [-0.39, 0.29) is 18.2 Å². The molecule has 0 radical (unpaired) electrons. The molecule has 0 spiro atoms. The van der Waals surface area contributed by atoms with E-state index in [1.54, 1.807) is 0 Å². The van der Waals surface area contributed by atoms with Crippen molar-refractivity contribution in [3.63, 3.8) is 0 Å². The summed E-state index contributed by atoms with van der Waals surface area (Å²) in [5.74, 6) is 0. The Morgan fingerprint density at radius 1 is 1.05 bits per heavy atom. The van der Waals surface area contributed by atoms with Crippen molar-refractivity contribution in [2.24, 2.45) is 0 Å². The second-order valence-corrected chi connectivity index (χ2v) is 5.79. The summed E-state index contributed by atoms with van der Waals surface area (Å²) in [6, 6.07) is 0.384. The quantitative estimate of drug-likeness (QED) is 0.829. The smallest absolute Gasteiger partial charge is 0.392 e. The van der Waals surface area contributed by atoms with Gasteiger partial charge in [-0.3, -0.25) is 4.90 Å². The first kappa shape index (κ1) is 15.1. The molecule has 0 aromatic rings. The van der Waals surface area contributed by atoms with Gasteiger partial charge in [0, 0.05) is 12.1 Å². The van der Waals surface area contributed by atoms with Crippen molar-refractivity contribution in [1.82, 2.24) is 10.2 Å². The molecule has 1 heterocycles. The van der Waals surface area contributed by atoms with E-state index in [1.807, 2.05) is 0 Å². The highest BCUT2D eigenvalue weighted by Crippen LogP contribution is 2.22. The van der Waals surface area contributed by atoms with Crippen LogP contribution < -0.4 is 5.32 Å². The normalized spacial score (nSPS) is 31.6. The van der Waals surface area contributed by atoms with Gasteiger partial charge in [0.1, 0.15) is 0 Å². The summed E-state index contributed by atoms with van der Waals surface area (Å²) in [6.07, 6.45) is 1.10. The van der Waals surface area contributed by atoms with Crippen LogP contribution in [0.15, 0.2) is 0 Å². The van der Waals surface area contributed by atoms with E-state index in [2.05, 4.69) is 5.32 Å². The van der Waals surface area contributed by atoms with Gasteiger partial charge in [-0.15, -0.1) is 0 Å². The van der Waals surface area contributed by atoms with Crippen LogP contribution >= 0.6 is 0 Å². The maximum Gasteiger partial charge on any atom is 0.401 e. The SMILES string of the molecule is O[C@H]1CCCC[C@@H]1NC1CCN(CC(F)(F)F)CC1. The van der Waals surface area contributed by atoms with Gasteiger partial charge in [-0.05, 0) is 38.8 Å². The maximum atomic E-state index is 12.3. The molecule has 2 fully saturated rings. The minimum atomic E-state index is -4.10. The van der Waals surface area contributed by atoms with E-state index >= 15 is 0 Å². The number of hydrogen-bond acceptors (Lipinski definition) is 3. The number of alkyl halides is 3. The number of aliphatic hydroxyl groups excluding tert-OH is 1. The van der Waals surface area contributed by atoms with Crippen molar-refractivity contribution in [3.05, 3.63) is 0 Å². The molecule has 1 aliphatic heterocycles. The van der Waals surface area contributed by atoms with Gasteiger partial charge < -0.3 is 10.4 Å². The molecule has 0 bridgehead atoms. The number of hydrogen-bond donors (Lipinski definition) is 2. The van der Waals surface area contributed by atoms with E-state index in [1.165, 1.54) is 4.90 Å². The van der Waals surface area contributed by atoms with E-state index in [9.17, 15) is 18.3 Å². The summed E-state index contributed by atoms with van der Waals surface area (Å²) in [6.45, 7) is 0.172. The van der Waals surface area contributed by atoms with Crippen LogP contribution in [0, 0.1) is 0 Å². The van der Waals surface area contributed by atoms with Crippen LogP contribution in [0.5, 0.6) is 0 Å². The lowest BCUT2D eigenvalue weighted by Crippen LogP contribution is -2.51. The molecule has 2 N–H and O–H groups in total. The zero-order chi connectivity index (χ0) is 13.9. The number of aliphatic hydroxyl groups is 1. The molecule has 2 rings (SSSR count). The maximum absolute atomic E-state index is 12.3. The third-order valence-electron chi connectivity index (χ3n) is 4.17. The number of halogens is 3. The third kappa shape index (κ3) is 4.93. The summed E-state index contributed by atoms with van der Waals surface area (Å²) >= 11 is 0. The fourth-order valence-corrected chi connectivity index (χ4v) is 3.12. The Kier molecular flexibility index (Phi) is 5.09. The largest absolute Gasteiger partial charge is 0.401 e. The lowest BCUT2D eigenvalue weighted by atomic mass is 9.91. The van der Waals surface area contributed by atoms with Crippen LogP contribution in [0.2, 0.25) is 0 Å². The Bertz CT molecular complexity index is 278. The van der Waals surface area contributed by atoms with Crippen LogP contribution in [0.4, 0.5) is 13.2 Å². The predicted octanol–water partition coefficient (Wildman–Crippen LogP) is 1.91. The van der Waals surface area contributed by atoms with Crippen LogP contribution in [0.25, 0.3) is 0 Å². The van der Waals surface area contributed by atoms with Gasteiger partial charge in [0.05, 0.1) is 12.6 Å². The highest BCUT2D eigenvalue weighted by Gasteiger charge is 2.33. The van der Waals surface area contributed by atoms with Gasteiger partial charge in [-0.25, -0.2) is 0 Å². The second-order valence-electron chi connectivity index (χ2n) is 5.79. The molecule has 0 aromatic carbocycles. The Labute approximate surface area is 112 Å². The average Bonchev–Trinajstić information content (AvgIpc) is 2.33. The fourth-order valence-electron chi connectivity index (χ4n) is 3.12. The minimum absolute atomic E-state index is 0.132. The molecule has 19 heavy (non-hydrogen) atoms. The lowest BCUT2D eigenvalue weighted by Gasteiger charge is -2.37. The molecule has 0 amide bonds. The first-order valence-electron chi connectivity index (χ1n) is 7.17. The molecule has 1 saturated heterocycles. The van der Waals surface area contributed by atoms with Gasteiger partial charge >= 0.3 is 6.18 Å². The van der Waals surface area contributed by atoms with Crippen LogP contribution in [0.3, 0.4) is 0 Å². The Hall–Kier alpha value is -0.330. The van der Waals surface area contributed by atoms with E-state index < -0.39 is 12.7 Å². The summed E-state index contributed by atoms with van der Waals surface area (Å²) in [5.41, 5.74) is 0. The van der Waals surface area contributed by atoms with Crippen molar-refractivity contribution >= 4 is 0 Å². The zero-order valence-corrected chi connectivity index (χ0v) is 11.1. The van der Waals surface area contributed by atoms with Gasteiger partial charge in [0.15, 0.2) is 0 Å². The topological polar surface area (TPSA) is 35.5 Å². The summed E-state index contributed by atoms with van der Waals surface area (Å²) in [4.78, 5) is 1.47. The Balaban J connectivity index is 1.71. The molecule has 1 aliphatic carbocycles. The van der Waals surface area contributed by atoms with Crippen LogP contribution in [0.1, 0.15) is 38.5 Å². The standard InChI is InChI=1S/C13H23F3N2O/c14-13(15,16)9-18-7-5-10(6-8-18)17-11-3-1-2-4-12(11)19/h10-12,17,19H,1-9H2/t11-,12-/m0/s1. The highest BCUT2D eigenvalue weighted by molar-refractivity contribution is 4.86. The first-order valence-corrected chi connectivity index (χ1v) is 7.17. The molecule has 2 atom stereocenters. The summed E-state index contributed by atoms with van der Waals surface area (Å²) in [7, 11) is 0. The fraction of sp³-hybridized carbons (Fsp3) is 1.00. The molecular formula is C13H23F3N2O. The van der Waals surface area contributed by atoms with Crippen molar-refractivity contribution < 1.29 is 18.3 Å². The van der Waals surface area contributed by atoms with Gasteiger partial charge in [-0.2, -0.15) is 13.2 Å². The minimum Gasteiger partial charge on any atom is -0.392 e. The Morgan fingerprint density at radius 2 is 1.68 bits per heavy atom. The molecule has 6 heteroatoms. The zero-order valence-electron chi connectivity index (χ0n) is 11.1. The highest BCUT2D eigenvalue weighted by atomic mass is 19.4. The number of nitrogens with zero attached hydrogens (tertiary/aromatic N) is 1. The van der Waals surface area contributed by atoms with E-state index in [0.717, 1.165) is 38.5 Å². The van der Waals surface area contributed by atoms with E-state index in [4.69, 9.17) is 0 Å². The molecular weight excluding hydrogens is 257 g/mol. The lowest BCUT2D eigenvalue weighted by molar-refractivity contribution is -0.148. The predicted molar refractivity (Wildman–Crippen MR) is 66.9 cm³/mol. The number of nitrogens with one attached hydrogen (secondary N) is 1. The van der Waals surface area contributed by atoms with Gasteiger partial charge in [0.2, 0.25) is 0 Å². The van der Waals surface area contributed by atoms with Crippen molar-refractivity contribution in [3.8, 4) is 0 Å². The van der Waals surface area contributed by atoms with Crippen molar-refractivity contribution in [2.75, 3.05) is 19.6 Å². The molecule has 0 aromatic heterocycles. The number of piperidine rings is 1. The van der Waals surface area contributed by atoms with E-state index in [0.29, 0.717) is 13.1 Å². The molecule has 2 aliphatic rings. The van der Waals surface area contributed by atoms with Crippen molar-refractivity contribution in [1.29, 1.82) is 0 Å². The average molecular weight is 280 g/mol. The Morgan fingerprint density at radius 3 is 2.26 bits per heavy atom. The summed E-state index contributed by atoms with van der Waals surface area (Å²) < 4.78 is 36.8. The molecule has 0 unspecified atom stereocenters. The first-order chi connectivity index (χ1) is 8.94. The summed E-state index contributed by atoms with van der Waals surface area (Å²) in [5, 5.41) is 13.3. The monoisotopic (exact) mass is 280 g/mol. The van der Waals surface area contributed by atoms with Crippen LogP contribution in [-0.4, -0.2) is 54.0 Å². The third-order valence-corrected chi connectivity index (χ3v) is 4.17. The van der Waals surface area contributed by atoms with Gasteiger partial charge in [-0.1, -0.05) is 12.8 Å². The molecule has 3 nitrogen and oxygen atoms in total.